The van der Waals surface area contributed by atoms with E-state index < -0.39 is 36.7 Å². The van der Waals surface area contributed by atoms with Crippen LogP contribution < -0.4 is 14.2 Å². The fourth-order valence-electron chi connectivity index (χ4n) is 4.79. The molecule has 2 aromatic carbocycles. The fourth-order valence-corrected chi connectivity index (χ4v) is 9.86. The van der Waals surface area contributed by atoms with E-state index in [0.29, 0.717) is 31.0 Å². The SMILES string of the molecule is COc1cc2c(cc1OC)CN([C@H]1CS(=O)(=O)C[C@@H]1S(=O)(=O)c1cc(C)ccc1OC)CC2. The molecule has 0 N–H and O–H groups in total. The van der Waals surface area contributed by atoms with Crippen LogP contribution in [-0.2, 0) is 32.6 Å². The summed E-state index contributed by atoms with van der Waals surface area (Å²) in [7, 11) is -2.93. The Morgan fingerprint density at radius 2 is 1.55 bits per heavy atom. The molecule has 2 aliphatic rings. The van der Waals surface area contributed by atoms with Crippen LogP contribution in [0.1, 0.15) is 16.7 Å². The minimum Gasteiger partial charge on any atom is -0.495 e. The molecule has 1 saturated heterocycles. The van der Waals surface area contributed by atoms with Crippen molar-refractivity contribution in [2.24, 2.45) is 0 Å². The molecule has 0 amide bonds. The summed E-state index contributed by atoms with van der Waals surface area (Å²) in [4.78, 5) is 2.02. The quantitative estimate of drug-likeness (QED) is 0.600. The molecule has 1 fully saturated rings. The zero-order valence-electron chi connectivity index (χ0n) is 19.2. The van der Waals surface area contributed by atoms with Crippen molar-refractivity contribution in [1.82, 2.24) is 4.90 Å². The van der Waals surface area contributed by atoms with E-state index in [4.69, 9.17) is 14.2 Å². The summed E-state index contributed by atoms with van der Waals surface area (Å²) in [6.45, 7) is 2.79. The maximum absolute atomic E-state index is 13.7. The fraction of sp³-hybridized carbons (Fsp3) is 0.478. The molecule has 4 rings (SSSR count). The van der Waals surface area contributed by atoms with Gasteiger partial charge in [-0.1, -0.05) is 6.07 Å². The Balaban J connectivity index is 1.71. The van der Waals surface area contributed by atoms with E-state index >= 15 is 0 Å². The number of benzene rings is 2. The Morgan fingerprint density at radius 1 is 0.909 bits per heavy atom. The first-order valence-electron chi connectivity index (χ1n) is 10.7. The van der Waals surface area contributed by atoms with E-state index in [9.17, 15) is 16.8 Å². The molecule has 0 unspecified atom stereocenters. The number of hydrogen-bond donors (Lipinski definition) is 0. The van der Waals surface area contributed by atoms with Gasteiger partial charge in [0.15, 0.2) is 31.2 Å². The van der Waals surface area contributed by atoms with Gasteiger partial charge in [0, 0.05) is 19.1 Å². The lowest BCUT2D eigenvalue weighted by molar-refractivity contribution is 0.195. The third kappa shape index (κ3) is 4.43. The van der Waals surface area contributed by atoms with Crippen LogP contribution in [0.4, 0.5) is 0 Å². The molecule has 0 bridgehead atoms. The first kappa shape index (κ1) is 23.8. The number of sulfone groups is 2. The lowest BCUT2D eigenvalue weighted by atomic mass is 9.97. The molecule has 0 aliphatic carbocycles. The van der Waals surface area contributed by atoms with Gasteiger partial charge in [0.05, 0.1) is 38.1 Å². The van der Waals surface area contributed by atoms with E-state index in [2.05, 4.69) is 0 Å². The lowest BCUT2D eigenvalue weighted by Crippen LogP contribution is -2.48. The Hall–Kier alpha value is -2.30. The third-order valence-electron chi connectivity index (χ3n) is 6.51. The first-order chi connectivity index (χ1) is 15.6. The number of rotatable bonds is 6. The average molecular weight is 496 g/mol. The van der Waals surface area contributed by atoms with Crippen LogP contribution in [0.2, 0.25) is 0 Å². The number of methoxy groups -OCH3 is 3. The zero-order chi connectivity index (χ0) is 24.0. The van der Waals surface area contributed by atoms with Crippen molar-refractivity contribution in [2.45, 2.75) is 36.1 Å². The van der Waals surface area contributed by atoms with E-state index in [1.54, 1.807) is 39.3 Å². The highest BCUT2D eigenvalue weighted by Gasteiger charge is 2.49. The summed E-state index contributed by atoms with van der Waals surface area (Å²) in [5.41, 5.74) is 2.83. The summed E-state index contributed by atoms with van der Waals surface area (Å²) in [5.74, 6) is 0.871. The van der Waals surface area contributed by atoms with Crippen molar-refractivity contribution in [2.75, 3.05) is 39.4 Å². The van der Waals surface area contributed by atoms with Gasteiger partial charge < -0.3 is 14.2 Å². The second-order valence-electron chi connectivity index (χ2n) is 8.58. The molecule has 10 heteroatoms. The Bertz CT molecular complexity index is 1270. The zero-order valence-corrected chi connectivity index (χ0v) is 20.8. The number of hydrogen-bond acceptors (Lipinski definition) is 8. The topological polar surface area (TPSA) is 99.2 Å². The Morgan fingerprint density at radius 3 is 2.18 bits per heavy atom. The number of fused-ring (bicyclic) bond motifs is 1. The molecule has 180 valence electrons. The third-order valence-corrected chi connectivity index (χ3v) is 10.7. The van der Waals surface area contributed by atoms with Gasteiger partial charge in [-0.05, 0) is 54.3 Å². The lowest BCUT2D eigenvalue weighted by Gasteiger charge is -2.36. The van der Waals surface area contributed by atoms with Gasteiger partial charge in [0.1, 0.15) is 10.6 Å². The second-order valence-corrected chi connectivity index (χ2v) is 12.9. The summed E-state index contributed by atoms with van der Waals surface area (Å²) in [6, 6.07) is 8.10. The summed E-state index contributed by atoms with van der Waals surface area (Å²) in [6.07, 6.45) is 0.659. The monoisotopic (exact) mass is 495 g/mol. The molecule has 8 nitrogen and oxygen atoms in total. The summed E-state index contributed by atoms with van der Waals surface area (Å²) < 4.78 is 68.9. The van der Waals surface area contributed by atoms with E-state index in [0.717, 1.165) is 16.7 Å². The number of aryl methyl sites for hydroxylation is 1. The van der Waals surface area contributed by atoms with Crippen molar-refractivity contribution in [3.05, 3.63) is 47.0 Å². The summed E-state index contributed by atoms with van der Waals surface area (Å²) in [5, 5.41) is -1.07. The second kappa shape index (κ2) is 8.81. The first-order valence-corrected chi connectivity index (χ1v) is 14.0. The molecule has 2 atom stereocenters. The number of ether oxygens (including phenoxy) is 3. The van der Waals surface area contributed by atoms with Crippen LogP contribution in [0.15, 0.2) is 35.2 Å². The normalized spacial score (nSPS) is 22.5. The smallest absolute Gasteiger partial charge is 0.187 e. The van der Waals surface area contributed by atoms with Crippen LogP contribution in [-0.4, -0.2) is 72.4 Å². The van der Waals surface area contributed by atoms with E-state index in [1.165, 1.54) is 7.11 Å². The highest BCUT2D eigenvalue weighted by atomic mass is 32.2. The minimum atomic E-state index is -3.96. The van der Waals surface area contributed by atoms with Gasteiger partial charge in [-0.2, -0.15) is 0 Å². The number of nitrogens with zero attached hydrogens (tertiary/aromatic N) is 1. The van der Waals surface area contributed by atoms with Crippen LogP contribution in [0.3, 0.4) is 0 Å². The molecule has 2 aliphatic heterocycles. The standard InChI is InChI=1S/C23H29NO7S2/c1-15-5-6-19(29-2)22(9-15)33(27,28)23-14-32(25,26)13-18(23)24-8-7-16-10-20(30-3)21(31-4)11-17(16)12-24/h5-6,9-11,18,23H,7-8,12-14H2,1-4H3/t18-,23-/m0/s1. The molecule has 0 aromatic heterocycles. The largest absolute Gasteiger partial charge is 0.495 e. The average Bonchev–Trinajstić information content (AvgIpc) is 3.13. The maximum atomic E-state index is 13.7. The highest BCUT2D eigenvalue weighted by molar-refractivity contribution is 7.96. The van der Waals surface area contributed by atoms with Crippen LogP contribution in [0.5, 0.6) is 17.2 Å². The van der Waals surface area contributed by atoms with Crippen LogP contribution in [0, 0.1) is 6.92 Å². The van der Waals surface area contributed by atoms with Crippen molar-refractivity contribution in [3.8, 4) is 17.2 Å². The predicted molar refractivity (Wildman–Crippen MR) is 125 cm³/mol. The van der Waals surface area contributed by atoms with Gasteiger partial charge in [0.2, 0.25) is 0 Å². The van der Waals surface area contributed by atoms with Crippen molar-refractivity contribution in [1.29, 1.82) is 0 Å². The van der Waals surface area contributed by atoms with E-state index in [1.807, 2.05) is 17.0 Å². The molecule has 0 radical (unpaired) electrons. The van der Waals surface area contributed by atoms with Gasteiger partial charge in [-0.25, -0.2) is 16.8 Å². The van der Waals surface area contributed by atoms with Gasteiger partial charge in [0.25, 0.3) is 0 Å². The Kier molecular flexibility index (Phi) is 6.36. The van der Waals surface area contributed by atoms with Crippen LogP contribution in [0.25, 0.3) is 0 Å². The molecule has 2 aromatic rings. The van der Waals surface area contributed by atoms with E-state index in [-0.39, 0.29) is 16.4 Å². The summed E-state index contributed by atoms with van der Waals surface area (Å²) >= 11 is 0. The van der Waals surface area contributed by atoms with Gasteiger partial charge in [-0.3, -0.25) is 4.90 Å². The Labute approximate surface area is 195 Å². The molecular weight excluding hydrogens is 466 g/mol. The highest BCUT2D eigenvalue weighted by Crippen LogP contribution is 2.38. The molecular formula is C23H29NO7S2. The van der Waals surface area contributed by atoms with Crippen molar-refractivity contribution < 1.29 is 31.0 Å². The molecule has 0 saturated carbocycles. The molecule has 0 spiro atoms. The van der Waals surface area contributed by atoms with Gasteiger partial charge >= 0.3 is 0 Å². The molecule has 33 heavy (non-hydrogen) atoms. The van der Waals surface area contributed by atoms with Gasteiger partial charge in [-0.15, -0.1) is 0 Å². The molecule has 2 heterocycles. The minimum absolute atomic E-state index is 0.0425. The maximum Gasteiger partial charge on any atom is 0.187 e. The van der Waals surface area contributed by atoms with Crippen molar-refractivity contribution >= 4 is 19.7 Å². The predicted octanol–water partition coefficient (Wildman–Crippen LogP) is 2.02. The van der Waals surface area contributed by atoms with Crippen molar-refractivity contribution in [3.63, 3.8) is 0 Å². The van der Waals surface area contributed by atoms with Crippen LogP contribution >= 0.6 is 0 Å².